The minimum Gasteiger partial charge on any atom is -0.451 e. The average Bonchev–Trinajstić information content (AvgIpc) is 2.85. The number of nitrogens with zero attached hydrogens (tertiary/aromatic N) is 1. The predicted octanol–water partition coefficient (Wildman–Crippen LogP) is 2.67. The summed E-state index contributed by atoms with van der Waals surface area (Å²) in [5.41, 5.74) is 1.57. The SMILES string of the molecule is CCCC[C@]1(C)NC(=O)N(CC(=O)O[C@H](C)C(=O)Nc2ccc(C)cc2C)C1=O. The number of hydrogen-bond acceptors (Lipinski definition) is 5. The van der Waals surface area contributed by atoms with Crippen LogP contribution in [0.5, 0.6) is 0 Å². The van der Waals surface area contributed by atoms with Crippen molar-refractivity contribution in [1.82, 2.24) is 10.2 Å². The zero-order valence-corrected chi connectivity index (χ0v) is 17.6. The number of aryl methyl sites for hydroxylation is 2. The van der Waals surface area contributed by atoms with Crippen molar-refractivity contribution in [3.8, 4) is 0 Å². The van der Waals surface area contributed by atoms with Crippen LogP contribution >= 0.6 is 0 Å². The number of urea groups is 1. The number of nitrogens with one attached hydrogen (secondary N) is 2. The van der Waals surface area contributed by atoms with Crippen LogP contribution in [0, 0.1) is 13.8 Å². The lowest BCUT2D eigenvalue weighted by Gasteiger charge is -2.21. The summed E-state index contributed by atoms with van der Waals surface area (Å²) >= 11 is 0. The number of imide groups is 1. The van der Waals surface area contributed by atoms with Crippen molar-refractivity contribution in [1.29, 1.82) is 0 Å². The Balaban J connectivity index is 1.93. The van der Waals surface area contributed by atoms with E-state index in [-0.39, 0.29) is 0 Å². The van der Waals surface area contributed by atoms with E-state index in [0.717, 1.165) is 28.9 Å². The summed E-state index contributed by atoms with van der Waals surface area (Å²) in [7, 11) is 0. The number of amides is 4. The molecule has 1 aromatic carbocycles. The largest absolute Gasteiger partial charge is 0.451 e. The molecule has 0 radical (unpaired) electrons. The highest BCUT2D eigenvalue weighted by atomic mass is 16.5. The normalized spacial score (nSPS) is 19.7. The molecule has 1 saturated heterocycles. The number of benzene rings is 1. The second-order valence-electron chi connectivity index (χ2n) is 7.70. The molecule has 1 heterocycles. The standard InChI is InChI=1S/C21H29N3O5/c1-6-7-10-21(5)19(27)24(20(28)23-21)12-17(25)29-15(4)18(26)22-16-9-8-13(2)11-14(16)3/h8-9,11,15H,6-7,10,12H2,1-5H3,(H,22,26)(H,23,28)/t15-,21+/m1/s1. The maximum atomic E-state index is 12.6. The van der Waals surface area contributed by atoms with Gasteiger partial charge in [0, 0.05) is 5.69 Å². The lowest BCUT2D eigenvalue weighted by molar-refractivity contribution is -0.155. The first kappa shape index (κ1) is 22.4. The zero-order valence-electron chi connectivity index (χ0n) is 17.6. The molecule has 0 aromatic heterocycles. The Labute approximate surface area is 171 Å². The predicted molar refractivity (Wildman–Crippen MR) is 108 cm³/mol. The van der Waals surface area contributed by atoms with Gasteiger partial charge in [0.1, 0.15) is 12.1 Å². The first-order valence-corrected chi connectivity index (χ1v) is 9.79. The van der Waals surface area contributed by atoms with Gasteiger partial charge in [-0.05, 0) is 45.7 Å². The van der Waals surface area contributed by atoms with Crippen LogP contribution in [0.4, 0.5) is 10.5 Å². The van der Waals surface area contributed by atoms with Crippen molar-refractivity contribution in [3.05, 3.63) is 29.3 Å². The van der Waals surface area contributed by atoms with Gasteiger partial charge < -0.3 is 15.4 Å². The molecule has 1 aliphatic heterocycles. The number of unbranched alkanes of at least 4 members (excludes halogenated alkanes) is 1. The molecular formula is C21H29N3O5. The minimum absolute atomic E-state index is 0.458. The zero-order chi connectivity index (χ0) is 21.8. The molecule has 4 amide bonds. The molecule has 29 heavy (non-hydrogen) atoms. The molecule has 0 bridgehead atoms. The molecule has 0 saturated carbocycles. The second-order valence-corrected chi connectivity index (χ2v) is 7.70. The molecule has 0 spiro atoms. The van der Waals surface area contributed by atoms with Crippen molar-refractivity contribution in [2.45, 2.75) is 65.5 Å². The van der Waals surface area contributed by atoms with Crippen LogP contribution in [0.1, 0.15) is 51.2 Å². The molecule has 2 N–H and O–H groups in total. The summed E-state index contributed by atoms with van der Waals surface area (Å²) in [4.78, 5) is 50.1. The van der Waals surface area contributed by atoms with Crippen molar-refractivity contribution in [2.75, 3.05) is 11.9 Å². The Morgan fingerprint density at radius 2 is 1.97 bits per heavy atom. The number of anilines is 1. The number of esters is 1. The van der Waals surface area contributed by atoms with Gasteiger partial charge in [-0.2, -0.15) is 0 Å². The third-order valence-electron chi connectivity index (χ3n) is 4.98. The Morgan fingerprint density at radius 1 is 1.28 bits per heavy atom. The molecular weight excluding hydrogens is 374 g/mol. The summed E-state index contributed by atoms with van der Waals surface area (Å²) in [5, 5.41) is 5.35. The maximum absolute atomic E-state index is 12.6. The quantitative estimate of drug-likeness (QED) is 0.513. The number of hydrogen-bond donors (Lipinski definition) is 2. The molecule has 0 aliphatic carbocycles. The van der Waals surface area contributed by atoms with Crippen LogP contribution in [-0.4, -0.2) is 46.9 Å². The van der Waals surface area contributed by atoms with Crippen molar-refractivity contribution < 1.29 is 23.9 Å². The van der Waals surface area contributed by atoms with Gasteiger partial charge in [0.15, 0.2) is 6.10 Å². The van der Waals surface area contributed by atoms with Gasteiger partial charge in [-0.15, -0.1) is 0 Å². The van der Waals surface area contributed by atoms with E-state index >= 15 is 0 Å². The van der Waals surface area contributed by atoms with Gasteiger partial charge in [0.05, 0.1) is 0 Å². The summed E-state index contributed by atoms with van der Waals surface area (Å²) < 4.78 is 5.13. The third-order valence-corrected chi connectivity index (χ3v) is 4.98. The molecule has 1 aliphatic rings. The highest BCUT2D eigenvalue weighted by Crippen LogP contribution is 2.23. The van der Waals surface area contributed by atoms with Crippen LogP contribution < -0.4 is 10.6 Å². The van der Waals surface area contributed by atoms with Gasteiger partial charge in [0.2, 0.25) is 0 Å². The van der Waals surface area contributed by atoms with E-state index in [2.05, 4.69) is 10.6 Å². The highest BCUT2D eigenvalue weighted by Gasteiger charge is 2.48. The Kier molecular flexibility index (Phi) is 7.00. The molecule has 1 aromatic rings. The van der Waals surface area contributed by atoms with E-state index in [4.69, 9.17) is 4.74 Å². The Bertz CT molecular complexity index is 823. The average molecular weight is 403 g/mol. The highest BCUT2D eigenvalue weighted by molar-refractivity contribution is 6.08. The Morgan fingerprint density at radius 3 is 2.59 bits per heavy atom. The van der Waals surface area contributed by atoms with Gasteiger partial charge in [-0.25, -0.2) is 4.79 Å². The van der Waals surface area contributed by atoms with Gasteiger partial charge in [-0.1, -0.05) is 37.5 Å². The fourth-order valence-electron chi connectivity index (χ4n) is 3.20. The van der Waals surface area contributed by atoms with Crippen molar-refractivity contribution in [3.63, 3.8) is 0 Å². The van der Waals surface area contributed by atoms with E-state index in [0.29, 0.717) is 12.1 Å². The fraction of sp³-hybridized carbons (Fsp3) is 0.524. The van der Waals surface area contributed by atoms with E-state index in [1.54, 1.807) is 13.0 Å². The lowest BCUT2D eigenvalue weighted by Crippen LogP contribution is -2.44. The minimum atomic E-state index is -1.07. The van der Waals surface area contributed by atoms with Crippen molar-refractivity contribution >= 4 is 29.5 Å². The number of ether oxygens (including phenoxy) is 1. The summed E-state index contributed by atoms with van der Waals surface area (Å²) in [6, 6.07) is 4.95. The van der Waals surface area contributed by atoms with Crippen LogP contribution in [0.3, 0.4) is 0 Å². The smallest absolute Gasteiger partial charge is 0.327 e. The second kappa shape index (κ2) is 9.07. The Hall–Kier alpha value is -2.90. The monoisotopic (exact) mass is 403 g/mol. The maximum Gasteiger partial charge on any atom is 0.327 e. The molecule has 8 heteroatoms. The van der Waals surface area contributed by atoms with Gasteiger partial charge in [0.25, 0.3) is 11.8 Å². The molecule has 2 rings (SSSR count). The van der Waals surface area contributed by atoms with Crippen LogP contribution in [0.25, 0.3) is 0 Å². The molecule has 158 valence electrons. The number of carbonyl (C=O) groups is 4. The van der Waals surface area contributed by atoms with E-state index < -0.39 is 42.0 Å². The molecule has 0 unspecified atom stereocenters. The summed E-state index contributed by atoms with van der Waals surface area (Å²) in [5.74, 6) is -1.77. The number of carbonyl (C=O) groups excluding carboxylic acids is 4. The first-order chi connectivity index (χ1) is 13.6. The first-order valence-electron chi connectivity index (χ1n) is 9.79. The summed E-state index contributed by atoms with van der Waals surface area (Å²) in [6.45, 7) is 8.36. The van der Waals surface area contributed by atoms with Crippen LogP contribution in [0.2, 0.25) is 0 Å². The lowest BCUT2D eigenvalue weighted by atomic mass is 9.95. The van der Waals surface area contributed by atoms with E-state index in [9.17, 15) is 19.2 Å². The van der Waals surface area contributed by atoms with Crippen molar-refractivity contribution in [2.24, 2.45) is 0 Å². The number of rotatable bonds is 8. The van der Waals surface area contributed by atoms with E-state index in [1.165, 1.54) is 6.92 Å². The summed E-state index contributed by atoms with van der Waals surface area (Å²) in [6.07, 6.45) is 1.08. The van der Waals surface area contributed by atoms with Crippen LogP contribution in [0.15, 0.2) is 18.2 Å². The fourth-order valence-corrected chi connectivity index (χ4v) is 3.20. The topological polar surface area (TPSA) is 105 Å². The van der Waals surface area contributed by atoms with Gasteiger partial charge >= 0.3 is 12.0 Å². The van der Waals surface area contributed by atoms with Gasteiger partial charge in [-0.3, -0.25) is 19.3 Å². The van der Waals surface area contributed by atoms with E-state index in [1.807, 2.05) is 32.9 Å². The third kappa shape index (κ3) is 5.34. The molecule has 2 atom stereocenters. The molecule has 1 fully saturated rings. The van der Waals surface area contributed by atoms with Crippen LogP contribution in [-0.2, 0) is 19.1 Å². The molecule has 8 nitrogen and oxygen atoms in total.